The van der Waals surface area contributed by atoms with Crippen molar-refractivity contribution in [3.8, 4) is 5.75 Å². The Morgan fingerprint density at radius 3 is 2.13 bits per heavy atom. The molecule has 1 heterocycles. The van der Waals surface area contributed by atoms with Gasteiger partial charge in [-0.1, -0.05) is 12.1 Å². The van der Waals surface area contributed by atoms with Crippen molar-refractivity contribution in [1.29, 1.82) is 0 Å². The molecular weight excluding hydrogens is 528 g/mol. The van der Waals surface area contributed by atoms with Gasteiger partial charge in [0, 0.05) is 48.0 Å². The van der Waals surface area contributed by atoms with E-state index < -0.39 is 35.9 Å². The zero-order valence-electron chi connectivity index (χ0n) is 21.9. The maximum atomic E-state index is 12.5. The van der Waals surface area contributed by atoms with E-state index in [4.69, 9.17) is 4.74 Å². The third-order valence-corrected chi connectivity index (χ3v) is 8.90. The van der Waals surface area contributed by atoms with Gasteiger partial charge >= 0.3 is 0 Å². The molecule has 0 amide bonds. The van der Waals surface area contributed by atoms with Gasteiger partial charge in [-0.15, -0.1) is 0 Å². The van der Waals surface area contributed by atoms with E-state index in [9.17, 15) is 25.9 Å². The van der Waals surface area contributed by atoms with E-state index in [-0.39, 0.29) is 5.56 Å². The minimum atomic E-state index is -4.85. The third-order valence-electron chi connectivity index (χ3n) is 7.14. The first-order chi connectivity index (χ1) is 17.9. The molecule has 0 saturated heterocycles. The Balaban J connectivity index is 1.99. The number of anilines is 1. The van der Waals surface area contributed by atoms with Gasteiger partial charge in [0.15, 0.2) is 5.71 Å². The highest BCUT2D eigenvalue weighted by Crippen LogP contribution is 2.48. The van der Waals surface area contributed by atoms with E-state index >= 15 is 0 Å². The predicted molar refractivity (Wildman–Crippen MR) is 146 cm³/mol. The molecule has 1 unspecified atom stereocenters. The monoisotopic (exact) mass is 561 g/mol. The molecule has 204 valence electrons. The summed E-state index contributed by atoms with van der Waals surface area (Å²) in [7, 11) is -9.55. The normalized spacial score (nSPS) is 17.1. The Morgan fingerprint density at radius 2 is 1.55 bits per heavy atom. The van der Waals surface area contributed by atoms with Gasteiger partial charge in [0.1, 0.15) is 24.6 Å². The molecule has 2 aromatic carbocycles. The molecule has 0 fully saturated rings. The van der Waals surface area contributed by atoms with Crippen LogP contribution >= 0.6 is 0 Å². The highest BCUT2D eigenvalue weighted by molar-refractivity contribution is 7.86. The van der Waals surface area contributed by atoms with Gasteiger partial charge in [-0.05, 0) is 57.5 Å². The van der Waals surface area contributed by atoms with Gasteiger partial charge in [-0.25, -0.2) is 4.58 Å². The summed E-state index contributed by atoms with van der Waals surface area (Å²) in [5.74, 6) is 0.553. The summed E-state index contributed by atoms with van der Waals surface area (Å²) in [5, 5.41) is 0. The molecule has 11 heteroatoms. The summed E-state index contributed by atoms with van der Waals surface area (Å²) in [6, 6.07) is 8.99. The summed E-state index contributed by atoms with van der Waals surface area (Å²) in [5.41, 5.74) is 3.59. The number of allylic oxidation sites excluding steroid dienone is 4. The van der Waals surface area contributed by atoms with Gasteiger partial charge in [-0.2, -0.15) is 16.8 Å². The molecule has 38 heavy (non-hydrogen) atoms. The second-order valence-electron chi connectivity index (χ2n) is 9.13. The summed E-state index contributed by atoms with van der Waals surface area (Å²) in [6.07, 6.45) is 4.36. The number of nitrogens with zero attached hydrogens (tertiary/aromatic N) is 2. The molecule has 9 nitrogen and oxygen atoms in total. The number of rotatable bonds is 8. The van der Waals surface area contributed by atoms with Crippen LogP contribution in [0, 0.1) is 0 Å². The zero-order valence-corrected chi connectivity index (χ0v) is 23.5. The van der Waals surface area contributed by atoms with Gasteiger partial charge in [-0.3, -0.25) is 9.11 Å². The topological polar surface area (TPSA) is 124 Å². The molecule has 2 N–H and O–H groups in total. The number of benzene rings is 2. The first kappa shape index (κ1) is 28.0. The van der Waals surface area contributed by atoms with Crippen molar-refractivity contribution in [1.82, 2.24) is 0 Å². The quantitative estimate of drug-likeness (QED) is 0.362. The summed E-state index contributed by atoms with van der Waals surface area (Å²) in [6.45, 7) is 11.5. The van der Waals surface area contributed by atoms with Gasteiger partial charge in [0.05, 0.1) is 16.2 Å². The molecule has 1 atom stereocenters. The Kier molecular flexibility index (Phi) is 7.85. The number of ether oxygens (including phenoxy) is 1. The Labute approximate surface area is 224 Å². The van der Waals surface area contributed by atoms with Crippen LogP contribution in [-0.2, 0) is 20.2 Å². The van der Waals surface area contributed by atoms with Crippen molar-refractivity contribution in [2.45, 2.75) is 49.8 Å². The molecule has 2 aliphatic rings. The van der Waals surface area contributed by atoms with Crippen LogP contribution in [0.3, 0.4) is 0 Å². The summed E-state index contributed by atoms with van der Waals surface area (Å²) < 4.78 is 76.8. The first-order valence-corrected chi connectivity index (χ1v) is 15.5. The average molecular weight is 562 g/mol. The van der Waals surface area contributed by atoms with Gasteiger partial charge in [0.2, 0.25) is 0 Å². The SMILES string of the molecule is CCN(CC)c1ccc2c(c1)OC1=C(C=CC(=[N+](CC)CC)C1)C2c1ccc(S(=O)(=O)O)cc1S(=O)(=O)O. The Hall–Kier alpha value is -2.99. The fraction of sp³-hybridized carbons (Fsp3) is 0.370. The molecule has 2 aromatic rings. The molecule has 0 bridgehead atoms. The number of fused-ring (bicyclic) bond motifs is 1. The van der Waals surface area contributed by atoms with Crippen LogP contribution < -0.4 is 9.64 Å². The largest absolute Gasteiger partial charge is 0.460 e. The average Bonchev–Trinajstić information content (AvgIpc) is 2.87. The Morgan fingerprint density at radius 1 is 0.895 bits per heavy atom. The van der Waals surface area contributed by atoms with Crippen molar-refractivity contribution in [3.05, 3.63) is 71.0 Å². The van der Waals surface area contributed by atoms with Crippen LogP contribution in [0.15, 0.2) is 69.7 Å². The van der Waals surface area contributed by atoms with Crippen LogP contribution in [0.1, 0.15) is 51.2 Å². The maximum Gasteiger partial charge on any atom is 0.294 e. The lowest BCUT2D eigenvalue weighted by molar-refractivity contribution is -0.521. The first-order valence-electron chi connectivity index (χ1n) is 12.6. The van der Waals surface area contributed by atoms with Crippen molar-refractivity contribution >= 4 is 31.6 Å². The van der Waals surface area contributed by atoms with Gasteiger partial charge < -0.3 is 9.64 Å². The minimum absolute atomic E-state index is 0.184. The van der Waals surface area contributed by atoms with E-state index in [0.29, 0.717) is 29.1 Å². The van der Waals surface area contributed by atoms with Crippen LogP contribution in [0.25, 0.3) is 0 Å². The maximum absolute atomic E-state index is 12.5. The molecule has 0 spiro atoms. The van der Waals surface area contributed by atoms with E-state index in [1.807, 2.05) is 30.4 Å². The lowest BCUT2D eigenvalue weighted by atomic mass is 9.79. The second-order valence-corrected chi connectivity index (χ2v) is 11.9. The molecule has 1 aliphatic heterocycles. The van der Waals surface area contributed by atoms with E-state index in [0.717, 1.165) is 49.7 Å². The fourth-order valence-electron chi connectivity index (χ4n) is 5.21. The van der Waals surface area contributed by atoms with Crippen molar-refractivity contribution < 1.29 is 35.3 Å². The van der Waals surface area contributed by atoms with Crippen molar-refractivity contribution in [2.24, 2.45) is 0 Å². The zero-order chi connectivity index (χ0) is 27.8. The molecule has 0 radical (unpaired) electrons. The number of hydrogen-bond donors (Lipinski definition) is 2. The summed E-state index contributed by atoms with van der Waals surface area (Å²) in [4.78, 5) is 0.960. The smallest absolute Gasteiger partial charge is 0.294 e. The molecule has 4 rings (SSSR count). The molecule has 0 saturated carbocycles. The highest BCUT2D eigenvalue weighted by Gasteiger charge is 2.37. The molecule has 1 aliphatic carbocycles. The second kappa shape index (κ2) is 10.6. The lowest BCUT2D eigenvalue weighted by Gasteiger charge is -2.33. The van der Waals surface area contributed by atoms with Crippen molar-refractivity contribution in [3.63, 3.8) is 0 Å². The molecular formula is C27H33N2O7S2+. The minimum Gasteiger partial charge on any atom is -0.460 e. The fourth-order valence-corrected chi connectivity index (χ4v) is 6.55. The molecule has 0 aromatic heterocycles. The van der Waals surface area contributed by atoms with Crippen LogP contribution in [0.4, 0.5) is 5.69 Å². The summed E-state index contributed by atoms with van der Waals surface area (Å²) >= 11 is 0. The lowest BCUT2D eigenvalue weighted by Crippen LogP contribution is -2.27. The standard InChI is InChI=1S/C27H32N2O7S2/c1-5-28(6-2)18-9-12-21-24(15-18)36-25-16-19(29(7-3)8-4)10-13-22(25)27(21)23-14-11-20(37(30,31)32)17-26(23)38(33,34)35/h9-15,17,27H,5-8,16H2,1-4H3,(H-,30,31,32,33,34,35)/p+1. The third kappa shape index (κ3) is 5.28. The predicted octanol–water partition coefficient (Wildman–Crippen LogP) is 4.26. The van der Waals surface area contributed by atoms with Crippen molar-refractivity contribution in [2.75, 3.05) is 31.1 Å². The van der Waals surface area contributed by atoms with Crippen LogP contribution in [-0.4, -0.2) is 62.4 Å². The van der Waals surface area contributed by atoms with Crippen LogP contribution in [0.5, 0.6) is 5.75 Å². The van der Waals surface area contributed by atoms with E-state index in [2.05, 4.69) is 37.2 Å². The Bertz CT molecular complexity index is 1560. The van der Waals surface area contributed by atoms with Crippen LogP contribution in [0.2, 0.25) is 0 Å². The van der Waals surface area contributed by atoms with E-state index in [1.54, 1.807) is 0 Å². The number of hydrogen-bond acceptors (Lipinski definition) is 6. The van der Waals surface area contributed by atoms with Gasteiger partial charge in [0.25, 0.3) is 20.2 Å². The van der Waals surface area contributed by atoms with E-state index in [1.165, 1.54) is 6.07 Å². The highest BCUT2D eigenvalue weighted by atomic mass is 32.2.